The van der Waals surface area contributed by atoms with Crippen molar-refractivity contribution in [2.75, 3.05) is 14.2 Å². The number of ether oxygens (including phenoxy) is 3. The molecule has 0 saturated heterocycles. The Morgan fingerprint density at radius 3 is 2.52 bits per heavy atom. The van der Waals surface area contributed by atoms with Gasteiger partial charge in [0.15, 0.2) is 5.69 Å². The number of rotatable bonds is 5. The Morgan fingerprint density at radius 2 is 1.88 bits per heavy atom. The third kappa shape index (κ3) is 4.46. The lowest BCUT2D eigenvalue weighted by Crippen LogP contribution is -2.09. The fourth-order valence-electron chi connectivity index (χ4n) is 1.87. The summed E-state index contributed by atoms with van der Waals surface area (Å²) in [5.41, 5.74) is -0.875. The molecule has 0 spiro atoms. The number of hydrogen-bond donors (Lipinski definition) is 0. The number of esters is 1. The van der Waals surface area contributed by atoms with Crippen LogP contribution >= 0.6 is 0 Å². The number of benzene rings is 1. The molecule has 0 saturated carbocycles. The number of hydrogen-bond acceptors (Lipinski definition) is 6. The molecule has 6 nitrogen and oxygen atoms in total. The zero-order chi connectivity index (χ0) is 18.4. The fraction of sp³-hybridized carbons (Fsp3) is 0.188. The van der Waals surface area contributed by atoms with E-state index in [4.69, 9.17) is 9.47 Å². The van der Waals surface area contributed by atoms with Crippen LogP contribution in [0.1, 0.15) is 11.3 Å². The summed E-state index contributed by atoms with van der Waals surface area (Å²) in [4.78, 5) is 18.9. The molecule has 0 amide bonds. The van der Waals surface area contributed by atoms with Gasteiger partial charge in [-0.15, -0.1) is 0 Å². The second kappa shape index (κ2) is 7.65. The molecule has 1 heterocycles. The molecule has 0 atom stereocenters. The van der Waals surface area contributed by atoms with Crippen molar-refractivity contribution < 1.29 is 32.2 Å². The fourth-order valence-corrected chi connectivity index (χ4v) is 1.87. The maximum absolute atomic E-state index is 12.7. The monoisotopic (exact) mass is 354 g/mol. The van der Waals surface area contributed by atoms with E-state index in [-0.39, 0.29) is 16.9 Å². The zero-order valence-electron chi connectivity index (χ0n) is 13.2. The standard InChI is InChI=1S/C16H13F3N2O4/c1-23-9-11(14(22)24-2)10-5-3-4-6-12(10)25-15-20-8-7-13(21-15)16(17,18)19/h3-9H,1-2H3/b11-9-. The Labute approximate surface area is 140 Å². The van der Waals surface area contributed by atoms with Crippen LogP contribution in [0.2, 0.25) is 0 Å². The number of aromatic nitrogens is 2. The van der Waals surface area contributed by atoms with Crippen molar-refractivity contribution in [2.45, 2.75) is 6.18 Å². The molecule has 0 unspecified atom stereocenters. The van der Waals surface area contributed by atoms with Crippen LogP contribution in [0.3, 0.4) is 0 Å². The number of para-hydroxylation sites is 1. The lowest BCUT2D eigenvalue weighted by Gasteiger charge is -2.12. The van der Waals surface area contributed by atoms with Gasteiger partial charge in [0.05, 0.1) is 20.5 Å². The number of carbonyl (C=O) groups excluding carboxylic acids is 1. The average Bonchev–Trinajstić information content (AvgIpc) is 2.59. The number of nitrogens with zero attached hydrogens (tertiary/aromatic N) is 2. The number of halogens is 3. The van der Waals surface area contributed by atoms with Gasteiger partial charge in [-0.1, -0.05) is 18.2 Å². The van der Waals surface area contributed by atoms with E-state index < -0.39 is 23.8 Å². The maximum atomic E-state index is 12.7. The Bertz CT molecular complexity index is 791. The van der Waals surface area contributed by atoms with Crippen LogP contribution in [-0.2, 0) is 20.4 Å². The molecular weight excluding hydrogens is 341 g/mol. The Morgan fingerprint density at radius 1 is 1.16 bits per heavy atom. The predicted molar refractivity (Wildman–Crippen MR) is 80.6 cm³/mol. The van der Waals surface area contributed by atoms with Crippen molar-refractivity contribution in [3.05, 3.63) is 54.0 Å². The second-order valence-electron chi connectivity index (χ2n) is 4.58. The molecule has 1 aromatic carbocycles. The first-order valence-corrected chi connectivity index (χ1v) is 6.85. The van der Waals surface area contributed by atoms with Crippen LogP contribution in [0, 0.1) is 0 Å². The SMILES string of the molecule is CO/C=C(\C(=O)OC)c1ccccc1Oc1nccc(C(F)(F)F)n1. The Balaban J connectivity index is 2.42. The van der Waals surface area contributed by atoms with Crippen molar-refractivity contribution >= 4 is 11.5 Å². The molecule has 132 valence electrons. The summed E-state index contributed by atoms with van der Waals surface area (Å²) in [5, 5.41) is 0. The van der Waals surface area contributed by atoms with Gasteiger partial charge in [-0.25, -0.2) is 9.78 Å². The highest BCUT2D eigenvalue weighted by molar-refractivity contribution is 6.17. The van der Waals surface area contributed by atoms with Crippen molar-refractivity contribution in [1.82, 2.24) is 9.97 Å². The number of carbonyl (C=O) groups is 1. The van der Waals surface area contributed by atoms with Crippen LogP contribution in [0.15, 0.2) is 42.8 Å². The molecule has 1 aromatic heterocycles. The van der Waals surface area contributed by atoms with E-state index in [2.05, 4.69) is 14.7 Å². The molecule has 0 fully saturated rings. The lowest BCUT2D eigenvalue weighted by molar-refractivity contribution is -0.141. The highest BCUT2D eigenvalue weighted by Crippen LogP contribution is 2.32. The third-order valence-electron chi connectivity index (χ3n) is 2.94. The zero-order valence-corrected chi connectivity index (χ0v) is 13.2. The van der Waals surface area contributed by atoms with Gasteiger partial charge in [-0.2, -0.15) is 18.2 Å². The van der Waals surface area contributed by atoms with E-state index in [1.165, 1.54) is 26.4 Å². The van der Waals surface area contributed by atoms with Gasteiger partial charge in [0.25, 0.3) is 0 Å². The van der Waals surface area contributed by atoms with Gasteiger partial charge < -0.3 is 14.2 Å². The first kappa shape index (κ1) is 18.2. The van der Waals surface area contributed by atoms with E-state index in [9.17, 15) is 18.0 Å². The van der Waals surface area contributed by atoms with E-state index in [1.807, 2.05) is 0 Å². The second-order valence-corrected chi connectivity index (χ2v) is 4.58. The predicted octanol–water partition coefficient (Wildman–Crippen LogP) is 3.45. The Hall–Kier alpha value is -3.10. The van der Waals surface area contributed by atoms with Gasteiger partial charge in [-0.05, 0) is 12.1 Å². The highest BCUT2D eigenvalue weighted by atomic mass is 19.4. The van der Waals surface area contributed by atoms with E-state index in [1.54, 1.807) is 12.1 Å². The molecule has 0 aliphatic carbocycles. The molecule has 2 rings (SSSR count). The average molecular weight is 354 g/mol. The van der Waals surface area contributed by atoms with E-state index in [0.717, 1.165) is 18.5 Å². The van der Waals surface area contributed by atoms with Crippen molar-refractivity contribution in [2.24, 2.45) is 0 Å². The summed E-state index contributed by atoms with van der Waals surface area (Å²) < 4.78 is 53.1. The van der Waals surface area contributed by atoms with E-state index >= 15 is 0 Å². The topological polar surface area (TPSA) is 70.5 Å². The first-order valence-electron chi connectivity index (χ1n) is 6.85. The summed E-state index contributed by atoms with van der Waals surface area (Å²) in [6.45, 7) is 0. The minimum absolute atomic E-state index is 0.0209. The number of methoxy groups -OCH3 is 2. The minimum Gasteiger partial charge on any atom is -0.503 e. The quantitative estimate of drug-likeness (QED) is 0.465. The van der Waals surface area contributed by atoms with Crippen molar-refractivity contribution in [1.29, 1.82) is 0 Å². The molecule has 0 aliphatic rings. The van der Waals surface area contributed by atoms with Gasteiger partial charge in [0, 0.05) is 11.8 Å². The van der Waals surface area contributed by atoms with Gasteiger partial charge in [0.1, 0.15) is 11.3 Å². The van der Waals surface area contributed by atoms with Crippen LogP contribution < -0.4 is 4.74 Å². The van der Waals surface area contributed by atoms with Crippen LogP contribution in [0.25, 0.3) is 5.57 Å². The largest absolute Gasteiger partial charge is 0.503 e. The summed E-state index contributed by atoms with van der Waals surface area (Å²) in [6.07, 6.45) is -2.56. The minimum atomic E-state index is -4.63. The number of alkyl halides is 3. The molecule has 25 heavy (non-hydrogen) atoms. The van der Waals surface area contributed by atoms with Gasteiger partial charge >= 0.3 is 18.2 Å². The van der Waals surface area contributed by atoms with Gasteiger partial charge in [-0.3, -0.25) is 0 Å². The molecule has 0 N–H and O–H groups in total. The summed E-state index contributed by atoms with van der Waals surface area (Å²) in [7, 11) is 2.52. The Kier molecular flexibility index (Phi) is 5.58. The van der Waals surface area contributed by atoms with Gasteiger partial charge in [0.2, 0.25) is 0 Å². The smallest absolute Gasteiger partial charge is 0.433 e. The molecule has 0 aliphatic heterocycles. The third-order valence-corrected chi connectivity index (χ3v) is 2.94. The summed E-state index contributed by atoms with van der Waals surface area (Å²) in [5.74, 6) is -0.640. The van der Waals surface area contributed by atoms with Crippen LogP contribution in [0.5, 0.6) is 11.8 Å². The van der Waals surface area contributed by atoms with Crippen molar-refractivity contribution in [3.8, 4) is 11.8 Å². The first-order chi connectivity index (χ1) is 11.9. The molecule has 9 heteroatoms. The lowest BCUT2D eigenvalue weighted by atomic mass is 10.1. The summed E-state index contributed by atoms with van der Waals surface area (Å²) >= 11 is 0. The van der Waals surface area contributed by atoms with Crippen LogP contribution in [-0.4, -0.2) is 30.2 Å². The van der Waals surface area contributed by atoms with Crippen molar-refractivity contribution in [3.63, 3.8) is 0 Å². The molecular formula is C16H13F3N2O4. The molecule has 0 radical (unpaired) electrons. The molecule has 2 aromatic rings. The normalized spacial score (nSPS) is 11.8. The highest BCUT2D eigenvalue weighted by Gasteiger charge is 2.33. The van der Waals surface area contributed by atoms with Crippen LogP contribution in [0.4, 0.5) is 13.2 Å². The molecule has 0 bridgehead atoms. The maximum Gasteiger partial charge on any atom is 0.433 e. The van der Waals surface area contributed by atoms with E-state index in [0.29, 0.717) is 0 Å². The summed E-state index contributed by atoms with van der Waals surface area (Å²) in [6, 6.07) is 6.37.